The molecule has 0 aliphatic rings. The Morgan fingerprint density at radius 2 is 1.70 bits per heavy atom. The SMILES string of the molecule is Cc1cc(C(C)(C)C)cc(Pc2ccc(F)cc2N(C)C)c1O. The number of hydrogen-bond donors (Lipinski definition) is 1. The topological polar surface area (TPSA) is 23.5 Å². The van der Waals surface area contributed by atoms with E-state index in [4.69, 9.17) is 0 Å². The van der Waals surface area contributed by atoms with E-state index in [1.165, 1.54) is 11.6 Å². The van der Waals surface area contributed by atoms with Crippen molar-refractivity contribution in [2.75, 3.05) is 19.0 Å². The summed E-state index contributed by atoms with van der Waals surface area (Å²) in [5.74, 6) is 0.0939. The number of anilines is 1. The van der Waals surface area contributed by atoms with Crippen LogP contribution < -0.4 is 15.5 Å². The monoisotopic (exact) mass is 333 g/mol. The third kappa shape index (κ3) is 4.03. The van der Waals surface area contributed by atoms with Crippen molar-refractivity contribution in [2.24, 2.45) is 0 Å². The highest BCUT2D eigenvalue weighted by Crippen LogP contribution is 2.31. The van der Waals surface area contributed by atoms with Crippen LogP contribution in [-0.2, 0) is 5.41 Å². The Bertz CT molecular complexity index is 720. The molecule has 4 heteroatoms. The molecule has 0 heterocycles. The van der Waals surface area contributed by atoms with E-state index in [-0.39, 0.29) is 19.8 Å². The van der Waals surface area contributed by atoms with Gasteiger partial charge in [0.05, 0.1) is 0 Å². The Balaban J connectivity index is 2.51. The zero-order valence-electron chi connectivity index (χ0n) is 14.7. The number of benzene rings is 2. The molecule has 124 valence electrons. The zero-order valence-corrected chi connectivity index (χ0v) is 15.7. The maximum absolute atomic E-state index is 13.5. The largest absolute Gasteiger partial charge is 0.507 e. The average molecular weight is 333 g/mol. The van der Waals surface area contributed by atoms with E-state index in [0.717, 1.165) is 21.9 Å². The van der Waals surface area contributed by atoms with Crippen molar-refractivity contribution in [1.29, 1.82) is 0 Å². The van der Waals surface area contributed by atoms with Gasteiger partial charge in [-0.3, -0.25) is 0 Å². The first-order valence-corrected chi connectivity index (χ1v) is 8.67. The van der Waals surface area contributed by atoms with Crippen molar-refractivity contribution < 1.29 is 9.50 Å². The minimum absolute atomic E-state index is 0.0187. The summed E-state index contributed by atoms with van der Waals surface area (Å²) in [6.45, 7) is 8.41. The fraction of sp³-hybridized carbons (Fsp3) is 0.368. The van der Waals surface area contributed by atoms with Gasteiger partial charge in [0.1, 0.15) is 11.6 Å². The minimum atomic E-state index is -0.244. The molecule has 0 saturated carbocycles. The molecular weight excluding hydrogens is 308 g/mol. The Hall–Kier alpha value is -1.60. The van der Waals surface area contributed by atoms with Gasteiger partial charge in [-0.25, -0.2) is 4.39 Å². The van der Waals surface area contributed by atoms with Crippen molar-refractivity contribution >= 4 is 24.9 Å². The molecule has 2 nitrogen and oxygen atoms in total. The van der Waals surface area contributed by atoms with Crippen LogP contribution in [0.2, 0.25) is 0 Å². The molecule has 2 aromatic carbocycles. The second-order valence-corrected chi connectivity index (χ2v) is 8.45. The number of hydrogen-bond acceptors (Lipinski definition) is 2. The van der Waals surface area contributed by atoms with Crippen LogP contribution in [0.25, 0.3) is 0 Å². The Morgan fingerprint density at radius 3 is 2.26 bits per heavy atom. The van der Waals surface area contributed by atoms with Gasteiger partial charge in [-0.05, 0) is 47.7 Å². The smallest absolute Gasteiger partial charge is 0.126 e. The van der Waals surface area contributed by atoms with E-state index in [1.54, 1.807) is 6.07 Å². The molecule has 23 heavy (non-hydrogen) atoms. The molecule has 0 radical (unpaired) electrons. The van der Waals surface area contributed by atoms with Gasteiger partial charge in [-0.15, -0.1) is 0 Å². The van der Waals surface area contributed by atoms with Gasteiger partial charge in [-0.2, -0.15) is 0 Å². The van der Waals surface area contributed by atoms with E-state index >= 15 is 0 Å². The number of aryl methyl sites for hydroxylation is 1. The van der Waals surface area contributed by atoms with Crippen LogP contribution in [0.1, 0.15) is 31.9 Å². The van der Waals surface area contributed by atoms with Gasteiger partial charge in [0.25, 0.3) is 0 Å². The quantitative estimate of drug-likeness (QED) is 0.863. The molecule has 2 rings (SSSR count). The summed E-state index contributed by atoms with van der Waals surface area (Å²) in [6, 6.07) is 8.94. The molecule has 0 saturated heterocycles. The molecule has 2 aromatic rings. The zero-order chi connectivity index (χ0) is 17.4. The lowest BCUT2D eigenvalue weighted by molar-refractivity contribution is 0.474. The molecular formula is C19H25FNOP. The fourth-order valence-electron chi connectivity index (χ4n) is 2.43. The number of phenols is 1. The van der Waals surface area contributed by atoms with E-state index in [2.05, 4.69) is 26.8 Å². The standard InChI is InChI=1S/C19H25FNOP/c1-12-9-13(19(2,3)4)10-17(18(12)22)23-16-8-7-14(20)11-15(16)21(5)6/h7-11,22-23H,1-6H3. The molecule has 0 aliphatic carbocycles. The Labute approximate surface area is 140 Å². The predicted molar refractivity (Wildman–Crippen MR) is 99.9 cm³/mol. The summed E-state index contributed by atoms with van der Waals surface area (Å²) >= 11 is 0. The number of nitrogens with zero attached hydrogens (tertiary/aromatic N) is 1. The fourth-order valence-corrected chi connectivity index (χ4v) is 3.86. The van der Waals surface area contributed by atoms with Crippen molar-refractivity contribution in [3.8, 4) is 5.75 Å². The van der Waals surface area contributed by atoms with Gasteiger partial charge < -0.3 is 10.0 Å². The van der Waals surface area contributed by atoms with Crippen LogP contribution in [0.5, 0.6) is 5.75 Å². The maximum atomic E-state index is 13.5. The molecule has 0 aromatic heterocycles. The minimum Gasteiger partial charge on any atom is -0.507 e. The van der Waals surface area contributed by atoms with E-state index in [0.29, 0.717) is 5.75 Å². The second-order valence-electron chi connectivity index (χ2n) is 7.12. The lowest BCUT2D eigenvalue weighted by atomic mass is 9.86. The number of aromatic hydroxyl groups is 1. The first-order valence-electron chi connectivity index (χ1n) is 7.67. The number of phenolic OH excluding ortho intramolecular Hbond substituents is 1. The summed E-state index contributed by atoms with van der Waals surface area (Å²) in [5.41, 5.74) is 2.95. The normalized spacial score (nSPS) is 12.1. The van der Waals surface area contributed by atoms with Gasteiger partial charge in [0.2, 0.25) is 0 Å². The Morgan fingerprint density at radius 1 is 1.04 bits per heavy atom. The van der Waals surface area contributed by atoms with Crippen LogP contribution in [0.4, 0.5) is 10.1 Å². The van der Waals surface area contributed by atoms with Gasteiger partial charge >= 0.3 is 0 Å². The van der Waals surface area contributed by atoms with Crippen molar-refractivity contribution in [1.82, 2.24) is 0 Å². The summed E-state index contributed by atoms with van der Waals surface area (Å²) in [6.07, 6.45) is 0. The van der Waals surface area contributed by atoms with Gasteiger partial charge in [0.15, 0.2) is 0 Å². The number of halogens is 1. The summed E-state index contributed by atoms with van der Waals surface area (Å²) in [7, 11) is 4.08. The molecule has 1 unspecified atom stereocenters. The first kappa shape index (κ1) is 17.7. The summed E-state index contributed by atoms with van der Waals surface area (Å²) in [4.78, 5) is 1.91. The van der Waals surface area contributed by atoms with Crippen LogP contribution >= 0.6 is 8.58 Å². The van der Waals surface area contributed by atoms with Crippen molar-refractivity contribution in [3.63, 3.8) is 0 Å². The average Bonchev–Trinajstić information content (AvgIpc) is 2.44. The van der Waals surface area contributed by atoms with Crippen LogP contribution in [-0.4, -0.2) is 19.2 Å². The highest BCUT2D eigenvalue weighted by molar-refractivity contribution is 7.56. The number of rotatable bonds is 3. The van der Waals surface area contributed by atoms with Gasteiger partial charge in [-0.1, -0.05) is 35.4 Å². The lowest BCUT2D eigenvalue weighted by Gasteiger charge is -2.23. The van der Waals surface area contributed by atoms with Crippen molar-refractivity contribution in [3.05, 3.63) is 47.3 Å². The Kier molecular flexibility index (Phi) is 5.01. The second kappa shape index (κ2) is 6.49. The maximum Gasteiger partial charge on any atom is 0.126 e. The third-order valence-electron chi connectivity index (χ3n) is 3.88. The van der Waals surface area contributed by atoms with Crippen LogP contribution in [0.15, 0.2) is 30.3 Å². The van der Waals surface area contributed by atoms with Crippen LogP contribution in [0, 0.1) is 12.7 Å². The lowest BCUT2D eigenvalue weighted by Crippen LogP contribution is -2.19. The van der Waals surface area contributed by atoms with E-state index in [1.807, 2.05) is 38.1 Å². The molecule has 0 aliphatic heterocycles. The van der Waals surface area contributed by atoms with Crippen molar-refractivity contribution in [2.45, 2.75) is 33.1 Å². The molecule has 1 N–H and O–H groups in total. The van der Waals surface area contributed by atoms with Gasteiger partial charge in [0, 0.05) is 30.4 Å². The molecule has 0 amide bonds. The molecule has 0 fully saturated rings. The molecule has 0 bridgehead atoms. The van der Waals surface area contributed by atoms with Crippen LogP contribution in [0.3, 0.4) is 0 Å². The third-order valence-corrected chi connectivity index (χ3v) is 5.22. The van der Waals surface area contributed by atoms with E-state index < -0.39 is 0 Å². The summed E-state index contributed by atoms with van der Waals surface area (Å²) < 4.78 is 13.5. The molecule has 1 atom stereocenters. The first-order chi connectivity index (χ1) is 10.6. The highest BCUT2D eigenvalue weighted by atomic mass is 31.1. The predicted octanol–water partition coefficient (Wildman–Crippen LogP) is 3.83. The summed E-state index contributed by atoms with van der Waals surface area (Å²) in [5, 5.41) is 12.4. The molecule has 0 spiro atoms. The van der Waals surface area contributed by atoms with E-state index in [9.17, 15) is 9.50 Å². The highest BCUT2D eigenvalue weighted by Gasteiger charge is 2.18.